The number of thiophene rings is 1. The fourth-order valence-corrected chi connectivity index (χ4v) is 7.00. The van der Waals surface area contributed by atoms with Crippen molar-refractivity contribution in [3.63, 3.8) is 0 Å². The first kappa shape index (κ1) is 25.5. The van der Waals surface area contributed by atoms with E-state index in [4.69, 9.17) is 23.2 Å². The van der Waals surface area contributed by atoms with Gasteiger partial charge in [-0.15, -0.1) is 0 Å². The van der Waals surface area contributed by atoms with Gasteiger partial charge in [-0.3, -0.25) is 4.90 Å². The van der Waals surface area contributed by atoms with Gasteiger partial charge in [0.15, 0.2) is 0 Å². The number of rotatable bonds is 9. The molecular weight excluding hydrogens is 471 g/mol. The Labute approximate surface area is 213 Å². The average molecular weight is 510 g/mol. The summed E-state index contributed by atoms with van der Waals surface area (Å²) < 4.78 is 0. The third-order valence-corrected chi connectivity index (χ3v) is 9.37. The van der Waals surface area contributed by atoms with E-state index in [2.05, 4.69) is 46.5 Å². The van der Waals surface area contributed by atoms with E-state index in [1.165, 1.54) is 18.4 Å². The van der Waals surface area contributed by atoms with Crippen molar-refractivity contribution >= 4 is 34.5 Å². The highest BCUT2D eigenvalue weighted by molar-refractivity contribution is 7.08. The molecule has 2 saturated heterocycles. The van der Waals surface area contributed by atoms with Crippen LogP contribution in [0.1, 0.15) is 63.0 Å². The molecule has 0 radical (unpaired) electrons. The number of hydrogen-bond acceptors (Lipinski definition) is 4. The summed E-state index contributed by atoms with van der Waals surface area (Å²) in [5.74, 6) is 1.86. The average Bonchev–Trinajstić information content (AvgIpc) is 3.47. The highest BCUT2D eigenvalue weighted by Crippen LogP contribution is 2.37. The second-order valence-electron chi connectivity index (χ2n) is 10.2. The van der Waals surface area contributed by atoms with Crippen LogP contribution >= 0.6 is 34.5 Å². The normalized spacial score (nSPS) is 23.4. The van der Waals surface area contributed by atoms with Gasteiger partial charge in [0.05, 0.1) is 5.60 Å². The van der Waals surface area contributed by atoms with Crippen LogP contribution < -0.4 is 0 Å². The minimum atomic E-state index is -0.466. The Balaban J connectivity index is 1.36. The second-order valence-corrected chi connectivity index (χ2v) is 11.9. The Hall–Kier alpha value is -0.620. The number of nitrogens with zero attached hydrogens (tertiary/aromatic N) is 2. The molecule has 2 unspecified atom stereocenters. The number of halogens is 2. The Morgan fingerprint density at radius 1 is 1.06 bits per heavy atom. The van der Waals surface area contributed by atoms with Crippen molar-refractivity contribution in [1.29, 1.82) is 0 Å². The van der Waals surface area contributed by atoms with Crippen LogP contribution in [0, 0.1) is 11.8 Å². The molecule has 4 rings (SSSR count). The Kier molecular flexibility index (Phi) is 8.81. The maximum absolute atomic E-state index is 10.8. The van der Waals surface area contributed by atoms with E-state index in [0.29, 0.717) is 22.8 Å². The number of piperidine rings is 1. The van der Waals surface area contributed by atoms with Crippen LogP contribution in [0.5, 0.6) is 0 Å². The van der Waals surface area contributed by atoms with Crippen LogP contribution in [0.25, 0.3) is 0 Å². The van der Waals surface area contributed by atoms with Gasteiger partial charge < -0.3 is 10.0 Å². The lowest BCUT2D eigenvalue weighted by Gasteiger charge is -2.37. The first-order valence-electron chi connectivity index (χ1n) is 12.5. The smallest absolute Gasteiger partial charge is 0.0645 e. The Morgan fingerprint density at radius 3 is 2.45 bits per heavy atom. The molecule has 6 heteroatoms. The molecule has 33 heavy (non-hydrogen) atoms. The van der Waals surface area contributed by atoms with Gasteiger partial charge in [-0.2, -0.15) is 11.3 Å². The zero-order chi connectivity index (χ0) is 23.4. The maximum Gasteiger partial charge on any atom is 0.0645 e. The van der Waals surface area contributed by atoms with Gasteiger partial charge in [-0.05, 0) is 97.1 Å². The lowest BCUT2D eigenvalue weighted by molar-refractivity contribution is -0.00287. The number of aliphatic hydroxyl groups is 1. The molecule has 2 fully saturated rings. The molecular formula is C27H38Cl2N2OS. The standard InChI is InChI=1S/C27H38Cl2N2OS/c1-3-27(32,4-2)14-20-7-10-30(11-8-20)16-23-17-31(18-25(23)22-9-12-33-19-22)15-21-5-6-24(28)13-26(21)29/h5-6,9,12-13,19-20,23,25,32H,3-4,7-8,10-11,14-18H2,1-2H3. The summed E-state index contributed by atoms with van der Waals surface area (Å²) in [4.78, 5) is 5.24. The highest BCUT2D eigenvalue weighted by atomic mass is 35.5. The van der Waals surface area contributed by atoms with Crippen molar-refractivity contribution in [2.75, 3.05) is 32.7 Å². The molecule has 0 spiro atoms. The molecule has 2 aromatic rings. The van der Waals surface area contributed by atoms with E-state index in [1.54, 1.807) is 11.3 Å². The molecule has 1 aromatic carbocycles. The molecule has 0 saturated carbocycles. The SMILES string of the molecule is CCC(O)(CC)CC1CCN(CC2CN(Cc3ccc(Cl)cc3Cl)CC2c2ccsc2)CC1. The van der Waals surface area contributed by atoms with Crippen molar-refractivity contribution in [3.8, 4) is 0 Å². The molecule has 2 aliphatic heterocycles. The van der Waals surface area contributed by atoms with Crippen molar-refractivity contribution in [2.45, 2.75) is 64.0 Å². The lowest BCUT2D eigenvalue weighted by atomic mass is 9.81. The number of hydrogen-bond donors (Lipinski definition) is 1. The first-order chi connectivity index (χ1) is 15.9. The van der Waals surface area contributed by atoms with Crippen molar-refractivity contribution < 1.29 is 5.11 Å². The molecule has 3 nitrogen and oxygen atoms in total. The third-order valence-electron chi connectivity index (χ3n) is 8.08. The predicted molar refractivity (Wildman–Crippen MR) is 142 cm³/mol. The van der Waals surface area contributed by atoms with Gasteiger partial charge in [0.2, 0.25) is 0 Å². The summed E-state index contributed by atoms with van der Waals surface area (Å²) in [6.45, 7) is 10.8. The van der Waals surface area contributed by atoms with E-state index in [0.717, 1.165) is 69.1 Å². The van der Waals surface area contributed by atoms with E-state index in [9.17, 15) is 5.11 Å². The molecule has 1 aromatic heterocycles. The highest BCUT2D eigenvalue weighted by Gasteiger charge is 2.36. The quantitative estimate of drug-likeness (QED) is 0.397. The Morgan fingerprint density at radius 2 is 1.82 bits per heavy atom. The molecule has 0 bridgehead atoms. The minimum absolute atomic E-state index is 0.466. The van der Waals surface area contributed by atoms with E-state index in [1.807, 2.05) is 12.1 Å². The topological polar surface area (TPSA) is 26.7 Å². The van der Waals surface area contributed by atoms with Crippen LogP contribution in [-0.2, 0) is 6.54 Å². The monoisotopic (exact) mass is 508 g/mol. The Bertz CT molecular complexity index is 878. The second kappa shape index (κ2) is 11.4. The molecule has 182 valence electrons. The largest absolute Gasteiger partial charge is 0.390 e. The van der Waals surface area contributed by atoms with Crippen molar-refractivity contribution in [1.82, 2.24) is 9.80 Å². The van der Waals surface area contributed by atoms with Crippen LogP contribution in [-0.4, -0.2) is 53.2 Å². The zero-order valence-corrected chi connectivity index (χ0v) is 22.3. The fraction of sp³-hybridized carbons (Fsp3) is 0.630. The molecule has 2 atom stereocenters. The summed E-state index contributed by atoms with van der Waals surface area (Å²) in [6, 6.07) is 8.17. The van der Waals surface area contributed by atoms with E-state index < -0.39 is 5.60 Å². The summed E-state index contributed by atoms with van der Waals surface area (Å²) in [5.41, 5.74) is 2.18. The van der Waals surface area contributed by atoms with Crippen LogP contribution in [0.2, 0.25) is 10.0 Å². The fourth-order valence-electron chi connectivity index (χ4n) is 5.81. The van der Waals surface area contributed by atoms with Gasteiger partial charge >= 0.3 is 0 Å². The van der Waals surface area contributed by atoms with E-state index >= 15 is 0 Å². The summed E-state index contributed by atoms with van der Waals surface area (Å²) in [5, 5.41) is 16.8. The molecule has 0 amide bonds. The summed E-state index contributed by atoms with van der Waals surface area (Å²) in [7, 11) is 0. The maximum atomic E-state index is 10.8. The zero-order valence-electron chi connectivity index (χ0n) is 20.0. The molecule has 0 aliphatic carbocycles. The molecule has 2 aliphatic rings. The molecule has 1 N–H and O–H groups in total. The van der Waals surface area contributed by atoms with E-state index in [-0.39, 0.29) is 0 Å². The van der Waals surface area contributed by atoms with Gasteiger partial charge in [-0.1, -0.05) is 43.1 Å². The van der Waals surface area contributed by atoms with Crippen LogP contribution in [0.15, 0.2) is 35.0 Å². The van der Waals surface area contributed by atoms with Crippen LogP contribution in [0.4, 0.5) is 0 Å². The first-order valence-corrected chi connectivity index (χ1v) is 14.2. The van der Waals surface area contributed by atoms with Crippen molar-refractivity contribution in [2.24, 2.45) is 11.8 Å². The van der Waals surface area contributed by atoms with Gasteiger partial charge in [0, 0.05) is 42.1 Å². The predicted octanol–water partition coefficient (Wildman–Crippen LogP) is 6.92. The third kappa shape index (κ3) is 6.54. The van der Waals surface area contributed by atoms with Crippen molar-refractivity contribution in [3.05, 3.63) is 56.2 Å². The van der Waals surface area contributed by atoms with Gasteiger partial charge in [-0.25, -0.2) is 0 Å². The van der Waals surface area contributed by atoms with Crippen LogP contribution in [0.3, 0.4) is 0 Å². The minimum Gasteiger partial charge on any atom is -0.390 e. The molecule has 3 heterocycles. The summed E-state index contributed by atoms with van der Waals surface area (Å²) in [6.07, 6.45) is 5.11. The number of benzene rings is 1. The lowest BCUT2D eigenvalue weighted by Crippen LogP contribution is -2.41. The summed E-state index contributed by atoms with van der Waals surface area (Å²) >= 11 is 14.4. The van der Waals surface area contributed by atoms with Gasteiger partial charge in [0.1, 0.15) is 0 Å². The van der Waals surface area contributed by atoms with Gasteiger partial charge in [0.25, 0.3) is 0 Å². The number of likely N-dealkylation sites (tertiary alicyclic amines) is 2.